The van der Waals surface area contributed by atoms with Crippen LogP contribution in [0.5, 0.6) is 17.2 Å². The van der Waals surface area contributed by atoms with Crippen molar-refractivity contribution in [3.63, 3.8) is 0 Å². The third-order valence-corrected chi connectivity index (χ3v) is 7.08. The number of anilines is 1. The largest absolute Gasteiger partial charge is 0.493 e. The van der Waals surface area contributed by atoms with Gasteiger partial charge in [0.25, 0.3) is 0 Å². The van der Waals surface area contributed by atoms with Gasteiger partial charge in [0.05, 0.1) is 20.3 Å². The van der Waals surface area contributed by atoms with E-state index in [9.17, 15) is 0 Å². The Morgan fingerprint density at radius 1 is 0.968 bits per heavy atom. The van der Waals surface area contributed by atoms with Gasteiger partial charge in [-0.05, 0) is 56.2 Å². The van der Waals surface area contributed by atoms with E-state index in [1.165, 1.54) is 34.9 Å². The fraction of sp³-hybridized carbons (Fsp3) is 0.407. The Hall–Kier alpha value is -2.88. The molecule has 0 bridgehead atoms. The van der Waals surface area contributed by atoms with Gasteiger partial charge in [-0.2, -0.15) is 0 Å². The highest BCUT2D eigenvalue weighted by atomic mass is 16.5. The maximum absolute atomic E-state index is 6.76. The fourth-order valence-electron chi connectivity index (χ4n) is 5.62. The Labute approximate surface area is 184 Å². The first-order valence-corrected chi connectivity index (χ1v) is 11.4. The van der Waals surface area contributed by atoms with E-state index in [0.717, 1.165) is 37.3 Å². The summed E-state index contributed by atoms with van der Waals surface area (Å²) in [7, 11) is 3.39. The lowest BCUT2D eigenvalue weighted by molar-refractivity contribution is 0.0377. The molecule has 4 heteroatoms. The third kappa shape index (κ3) is 3.29. The lowest BCUT2D eigenvalue weighted by atomic mass is 9.84. The average molecular weight is 418 g/mol. The normalized spacial score (nSPS) is 19.1. The Bertz CT molecular complexity index is 1080. The maximum atomic E-state index is 6.76. The lowest BCUT2D eigenvalue weighted by Gasteiger charge is -2.45. The third-order valence-electron chi connectivity index (χ3n) is 7.08. The Morgan fingerprint density at radius 3 is 2.48 bits per heavy atom. The molecular formula is C27H31NO3. The molecular weight excluding hydrogens is 386 g/mol. The summed E-state index contributed by atoms with van der Waals surface area (Å²) in [4.78, 5) is 2.55. The average Bonchev–Trinajstić information content (AvgIpc) is 3.26. The molecule has 1 aliphatic carbocycles. The molecule has 1 heterocycles. The molecule has 5 rings (SSSR count). The molecule has 0 saturated heterocycles. The number of ether oxygens (including phenoxy) is 3. The van der Waals surface area contributed by atoms with E-state index < -0.39 is 0 Å². The minimum absolute atomic E-state index is 0.130. The Morgan fingerprint density at radius 2 is 1.74 bits per heavy atom. The van der Waals surface area contributed by atoms with Crippen molar-refractivity contribution in [2.24, 2.45) is 0 Å². The van der Waals surface area contributed by atoms with E-state index >= 15 is 0 Å². The highest BCUT2D eigenvalue weighted by molar-refractivity contribution is 5.94. The van der Waals surface area contributed by atoms with Crippen molar-refractivity contribution in [2.45, 2.75) is 50.7 Å². The summed E-state index contributed by atoms with van der Waals surface area (Å²) < 4.78 is 18.2. The molecule has 0 N–H and O–H groups in total. The first-order chi connectivity index (χ1) is 15.2. The van der Waals surface area contributed by atoms with E-state index in [1.54, 1.807) is 14.2 Å². The van der Waals surface area contributed by atoms with Gasteiger partial charge in [0, 0.05) is 29.6 Å². The van der Waals surface area contributed by atoms with Crippen molar-refractivity contribution in [3.8, 4) is 17.2 Å². The van der Waals surface area contributed by atoms with Crippen LogP contribution < -0.4 is 19.1 Å². The topological polar surface area (TPSA) is 30.9 Å². The molecule has 3 aromatic carbocycles. The number of fused-ring (bicyclic) bond motifs is 2. The molecule has 1 atom stereocenters. The van der Waals surface area contributed by atoms with Gasteiger partial charge in [-0.3, -0.25) is 0 Å². The predicted molar refractivity (Wildman–Crippen MR) is 126 cm³/mol. The highest BCUT2D eigenvalue weighted by Crippen LogP contribution is 2.55. The Kier molecular flexibility index (Phi) is 5.17. The summed E-state index contributed by atoms with van der Waals surface area (Å²) in [6.45, 7) is 3.17. The zero-order valence-electron chi connectivity index (χ0n) is 18.7. The number of methoxy groups -OCH3 is 2. The minimum Gasteiger partial charge on any atom is -0.493 e. The van der Waals surface area contributed by atoms with Crippen LogP contribution >= 0.6 is 0 Å². The monoisotopic (exact) mass is 417 g/mol. The molecule has 3 aromatic rings. The van der Waals surface area contributed by atoms with Crippen LogP contribution in [0, 0.1) is 0 Å². The quantitative estimate of drug-likeness (QED) is 0.473. The van der Waals surface area contributed by atoms with Gasteiger partial charge in [0.1, 0.15) is 5.60 Å². The van der Waals surface area contributed by atoms with Crippen molar-refractivity contribution in [1.29, 1.82) is 0 Å². The van der Waals surface area contributed by atoms with Crippen LogP contribution in [0.2, 0.25) is 0 Å². The van der Waals surface area contributed by atoms with Gasteiger partial charge >= 0.3 is 0 Å². The van der Waals surface area contributed by atoms with Crippen LogP contribution in [0.25, 0.3) is 10.8 Å². The highest BCUT2D eigenvalue weighted by Gasteiger charge is 2.46. The molecule has 31 heavy (non-hydrogen) atoms. The smallest absolute Gasteiger partial charge is 0.203 e. The number of hydrogen-bond acceptors (Lipinski definition) is 4. The standard InChI is InChI=1S/C27H31NO3/c1-4-28(22-13-9-11-19-10-5-6-12-20(19)22)23-18-27(16-7-8-17-27)31-25-21(23)14-15-24(29-2)26(25)30-3/h5-6,9-15,23H,4,7-8,16-18H2,1-3H3. The van der Waals surface area contributed by atoms with Crippen molar-refractivity contribution in [3.05, 3.63) is 60.2 Å². The van der Waals surface area contributed by atoms with Crippen LogP contribution in [-0.4, -0.2) is 26.4 Å². The van der Waals surface area contributed by atoms with E-state index in [-0.39, 0.29) is 11.6 Å². The zero-order valence-corrected chi connectivity index (χ0v) is 18.7. The first-order valence-electron chi connectivity index (χ1n) is 11.4. The summed E-state index contributed by atoms with van der Waals surface area (Å²) >= 11 is 0. The first kappa shape index (κ1) is 20.0. The van der Waals surface area contributed by atoms with E-state index in [0.29, 0.717) is 5.75 Å². The molecule has 1 unspecified atom stereocenters. The summed E-state index contributed by atoms with van der Waals surface area (Å²) in [5, 5.41) is 2.56. The minimum atomic E-state index is -0.130. The van der Waals surface area contributed by atoms with Crippen molar-refractivity contribution >= 4 is 16.5 Å². The SMILES string of the molecule is CCN(c1cccc2ccccc12)C1CC2(CCCC2)Oc2c1ccc(OC)c2OC. The van der Waals surface area contributed by atoms with Gasteiger partial charge < -0.3 is 19.1 Å². The number of nitrogens with zero attached hydrogens (tertiary/aromatic N) is 1. The molecule has 0 radical (unpaired) electrons. The lowest BCUT2D eigenvalue weighted by Crippen LogP contribution is -2.44. The Balaban J connectivity index is 1.68. The van der Waals surface area contributed by atoms with Gasteiger partial charge in [-0.25, -0.2) is 0 Å². The van der Waals surface area contributed by atoms with Crippen LogP contribution in [0.3, 0.4) is 0 Å². The summed E-state index contributed by atoms with van der Waals surface area (Å²) in [6.07, 6.45) is 5.61. The molecule has 4 nitrogen and oxygen atoms in total. The molecule has 1 spiro atoms. The summed E-state index contributed by atoms with van der Waals surface area (Å²) in [6, 6.07) is 19.7. The molecule has 1 fully saturated rings. The fourth-order valence-corrected chi connectivity index (χ4v) is 5.62. The maximum Gasteiger partial charge on any atom is 0.203 e. The molecule has 1 saturated carbocycles. The van der Waals surface area contributed by atoms with Crippen molar-refractivity contribution < 1.29 is 14.2 Å². The second-order valence-electron chi connectivity index (χ2n) is 8.72. The molecule has 2 aliphatic rings. The predicted octanol–water partition coefficient (Wildman–Crippen LogP) is 6.52. The number of benzene rings is 3. The van der Waals surface area contributed by atoms with Crippen LogP contribution in [0.1, 0.15) is 50.6 Å². The van der Waals surface area contributed by atoms with E-state index in [4.69, 9.17) is 14.2 Å². The van der Waals surface area contributed by atoms with E-state index in [2.05, 4.69) is 60.4 Å². The van der Waals surface area contributed by atoms with Crippen LogP contribution in [-0.2, 0) is 0 Å². The van der Waals surface area contributed by atoms with Crippen LogP contribution in [0.4, 0.5) is 5.69 Å². The van der Waals surface area contributed by atoms with Gasteiger partial charge in [0.2, 0.25) is 5.75 Å². The summed E-state index contributed by atoms with van der Waals surface area (Å²) in [5.74, 6) is 2.30. The summed E-state index contributed by atoms with van der Waals surface area (Å²) in [5.41, 5.74) is 2.33. The van der Waals surface area contributed by atoms with Crippen LogP contribution in [0.15, 0.2) is 54.6 Å². The van der Waals surface area contributed by atoms with Crippen molar-refractivity contribution in [1.82, 2.24) is 0 Å². The second kappa shape index (κ2) is 7.99. The van der Waals surface area contributed by atoms with Gasteiger partial charge in [-0.15, -0.1) is 0 Å². The molecule has 162 valence electrons. The number of rotatable bonds is 5. The van der Waals surface area contributed by atoms with Gasteiger partial charge in [0.15, 0.2) is 11.5 Å². The second-order valence-corrected chi connectivity index (χ2v) is 8.72. The van der Waals surface area contributed by atoms with E-state index in [1.807, 2.05) is 6.07 Å². The van der Waals surface area contributed by atoms with Gasteiger partial charge in [-0.1, -0.05) is 36.4 Å². The molecule has 1 aliphatic heterocycles. The number of hydrogen-bond donors (Lipinski definition) is 0. The van der Waals surface area contributed by atoms with Crippen molar-refractivity contribution in [2.75, 3.05) is 25.7 Å². The zero-order chi connectivity index (χ0) is 21.4. The molecule has 0 aromatic heterocycles. The molecule has 0 amide bonds.